The fourth-order valence-electron chi connectivity index (χ4n) is 2.66. The lowest BCUT2D eigenvalue weighted by molar-refractivity contribution is -0.274. The third-order valence-electron chi connectivity index (χ3n) is 3.82. The number of para-hydroxylation sites is 1. The van der Waals surface area contributed by atoms with E-state index in [4.69, 9.17) is 4.74 Å². The molecule has 3 rings (SSSR count). The van der Waals surface area contributed by atoms with E-state index in [0.29, 0.717) is 23.2 Å². The predicted octanol–water partition coefficient (Wildman–Crippen LogP) is 5.64. The van der Waals surface area contributed by atoms with Crippen LogP contribution in [0.1, 0.15) is 15.9 Å². The van der Waals surface area contributed by atoms with Crippen LogP contribution in [-0.4, -0.2) is 12.6 Å². The summed E-state index contributed by atoms with van der Waals surface area (Å²) in [5.41, 5.74) is 1.56. The van der Waals surface area contributed by atoms with Crippen molar-refractivity contribution >= 4 is 6.29 Å². The zero-order valence-corrected chi connectivity index (χ0v) is 14.1. The lowest BCUT2D eigenvalue weighted by atomic mass is 9.98. The van der Waals surface area contributed by atoms with Crippen LogP contribution in [0.3, 0.4) is 0 Å². The van der Waals surface area contributed by atoms with E-state index in [1.54, 1.807) is 30.3 Å². The lowest BCUT2D eigenvalue weighted by Crippen LogP contribution is -2.18. The molecule has 0 N–H and O–H groups in total. The van der Waals surface area contributed by atoms with Gasteiger partial charge in [-0.1, -0.05) is 60.7 Å². The first kappa shape index (κ1) is 18.5. The van der Waals surface area contributed by atoms with Crippen LogP contribution in [0.5, 0.6) is 11.5 Å². The number of carbonyl (C=O) groups is 1. The van der Waals surface area contributed by atoms with Gasteiger partial charge in [0, 0.05) is 5.56 Å². The summed E-state index contributed by atoms with van der Waals surface area (Å²) in [4.78, 5) is 11.5. The third-order valence-corrected chi connectivity index (χ3v) is 3.82. The van der Waals surface area contributed by atoms with E-state index in [1.165, 1.54) is 6.07 Å². The lowest BCUT2D eigenvalue weighted by Gasteiger charge is -2.16. The fourth-order valence-corrected chi connectivity index (χ4v) is 2.66. The van der Waals surface area contributed by atoms with Gasteiger partial charge in [0.1, 0.15) is 18.1 Å². The van der Waals surface area contributed by atoms with Crippen LogP contribution in [0.25, 0.3) is 11.1 Å². The van der Waals surface area contributed by atoms with Gasteiger partial charge in [0.15, 0.2) is 6.29 Å². The fraction of sp³-hybridized carbons (Fsp3) is 0.0952. The molecule has 138 valence electrons. The van der Waals surface area contributed by atoms with Gasteiger partial charge in [-0.15, -0.1) is 13.2 Å². The average molecular weight is 372 g/mol. The maximum absolute atomic E-state index is 12.6. The molecule has 0 aliphatic carbocycles. The molecule has 0 heterocycles. The smallest absolute Gasteiger partial charge is 0.488 e. The van der Waals surface area contributed by atoms with Crippen LogP contribution in [0.15, 0.2) is 72.8 Å². The number of aldehydes is 1. The Morgan fingerprint density at radius 3 is 2.11 bits per heavy atom. The summed E-state index contributed by atoms with van der Waals surface area (Å²) in [6, 6.07) is 20.4. The summed E-state index contributed by atoms with van der Waals surface area (Å²) < 4.78 is 47.7. The highest BCUT2D eigenvalue weighted by atomic mass is 19.4. The normalized spacial score (nSPS) is 11.1. The first-order valence-corrected chi connectivity index (χ1v) is 8.08. The second-order valence-electron chi connectivity index (χ2n) is 5.65. The van der Waals surface area contributed by atoms with Crippen molar-refractivity contribution in [3.8, 4) is 22.6 Å². The summed E-state index contributed by atoms with van der Waals surface area (Å²) in [6.07, 6.45) is -4.54. The molecule has 0 aliphatic rings. The van der Waals surface area contributed by atoms with Gasteiger partial charge in [-0.25, -0.2) is 0 Å². The van der Waals surface area contributed by atoms with Crippen molar-refractivity contribution in [2.45, 2.75) is 13.0 Å². The molecule has 0 unspecified atom stereocenters. The van der Waals surface area contributed by atoms with Crippen LogP contribution in [0.4, 0.5) is 13.2 Å². The van der Waals surface area contributed by atoms with E-state index in [-0.39, 0.29) is 12.2 Å². The van der Waals surface area contributed by atoms with Gasteiger partial charge in [0.05, 0.1) is 5.56 Å². The minimum Gasteiger partial charge on any atom is -0.488 e. The van der Waals surface area contributed by atoms with Crippen LogP contribution in [-0.2, 0) is 6.61 Å². The number of ether oxygens (including phenoxy) is 2. The Morgan fingerprint density at radius 2 is 1.41 bits per heavy atom. The van der Waals surface area contributed by atoms with E-state index in [2.05, 4.69) is 4.74 Å². The van der Waals surface area contributed by atoms with Gasteiger partial charge in [0.2, 0.25) is 0 Å². The highest BCUT2D eigenvalue weighted by molar-refractivity contribution is 5.92. The zero-order chi connectivity index (χ0) is 19.3. The van der Waals surface area contributed by atoms with Crippen molar-refractivity contribution in [1.29, 1.82) is 0 Å². The zero-order valence-electron chi connectivity index (χ0n) is 14.1. The summed E-state index contributed by atoms with van der Waals surface area (Å²) in [5.74, 6) is -0.0959. The number of carbonyl (C=O) groups excluding carboxylic acids is 1. The molecule has 3 aromatic rings. The van der Waals surface area contributed by atoms with Crippen molar-refractivity contribution in [3.63, 3.8) is 0 Å². The van der Waals surface area contributed by atoms with Crippen LogP contribution in [0, 0.1) is 0 Å². The molecule has 0 atom stereocenters. The van der Waals surface area contributed by atoms with Crippen molar-refractivity contribution in [2.75, 3.05) is 0 Å². The molecular weight excluding hydrogens is 357 g/mol. The molecule has 0 aromatic heterocycles. The van der Waals surface area contributed by atoms with Gasteiger partial charge in [-0.05, 0) is 23.3 Å². The maximum atomic E-state index is 12.6. The topological polar surface area (TPSA) is 35.5 Å². The van der Waals surface area contributed by atoms with Gasteiger partial charge in [0.25, 0.3) is 0 Å². The summed E-state index contributed by atoms with van der Waals surface area (Å²) in [6.45, 7) is 0.285. The van der Waals surface area contributed by atoms with E-state index in [9.17, 15) is 18.0 Å². The quantitative estimate of drug-likeness (QED) is 0.525. The number of hydrogen-bond acceptors (Lipinski definition) is 3. The molecule has 0 aliphatic heterocycles. The molecule has 0 radical (unpaired) electrons. The van der Waals surface area contributed by atoms with Gasteiger partial charge >= 0.3 is 6.36 Å². The van der Waals surface area contributed by atoms with Crippen molar-refractivity contribution in [3.05, 3.63) is 83.9 Å². The van der Waals surface area contributed by atoms with E-state index < -0.39 is 12.1 Å². The Balaban J connectivity index is 1.97. The molecule has 0 saturated carbocycles. The molecule has 27 heavy (non-hydrogen) atoms. The number of halogens is 3. The molecule has 0 fully saturated rings. The molecule has 0 spiro atoms. The van der Waals surface area contributed by atoms with Crippen LogP contribution >= 0.6 is 0 Å². The second kappa shape index (κ2) is 7.95. The number of alkyl halides is 3. The van der Waals surface area contributed by atoms with Crippen molar-refractivity contribution in [1.82, 2.24) is 0 Å². The largest absolute Gasteiger partial charge is 0.573 e. The van der Waals surface area contributed by atoms with Gasteiger partial charge in [-0.2, -0.15) is 0 Å². The first-order chi connectivity index (χ1) is 13.0. The SMILES string of the molecule is O=Cc1c(OC(F)(F)F)cccc1-c1ccccc1OCc1ccccc1. The predicted molar refractivity (Wildman–Crippen MR) is 94.7 cm³/mol. The summed E-state index contributed by atoms with van der Waals surface area (Å²) in [7, 11) is 0. The third kappa shape index (κ3) is 4.67. The summed E-state index contributed by atoms with van der Waals surface area (Å²) >= 11 is 0. The minimum absolute atomic E-state index is 0.189. The Labute approximate surface area is 154 Å². The molecule has 0 saturated heterocycles. The Hall–Kier alpha value is -3.28. The Morgan fingerprint density at radius 1 is 0.778 bits per heavy atom. The van der Waals surface area contributed by atoms with Crippen molar-refractivity contribution in [2.24, 2.45) is 0 Å². The Bertz CT molecular complexity index is 921. The molecule has 0 bridgehead atoms. The number of hydrogen-bond donors (Lipinski definition) is 0. The van der Waals surface area contributed by atoms with Gasteiger partial charge in [-0.3, -0.25) is 4.79 Å². The molecule has 0 amide bonds. The molecule has 3 nitrogen and oxygen atoms in total. The minimum atomic E-state index is -4.89. The maximum Gasteiger partial charge on any atom is 0.573 e. The van der Waals surface area contributed by atoms with E-state index in [0.717, 1.165) is 11.6 Å². The average Bonchev–Trinajstić information content (AvgIpc) is 2.66. The number of benzene rings is 3. The van der Waals surface area contributed by atoms with Gasteiger partial charge < -0.3 is 9.47 Å². The second-order valence-corrected chi connectivity index (χ2v) is 5.65. The number of rotatable bonds is 6. The molecular formula is C21H15F3O3. The summed E-state index contributed by atoms with van der Waals surface area (Å²) in [5, 5.41) is 0. The molecule has 3 aromatic carbocycles. The highest BCUT2D eigenvalue weighted by Crippen LogP contribution is 2.37. The standard InChI is InChI=1S/C21H15F3O3/c22-21(23,24)27-20-12-6-10-16(18(20)13-25)17-9-4-5-11-19(17)26-14-15-7-2-1-3-8-15/h1-13H,14H2. The van der Waals surface area contributed by atoms with E-state index in [1.807, 2.05) is 30.3 Å². The monoisotopic (exact) mass is 372 g/mol. The highest BCUT2D eigenvalue weighted by Gasteiger charge is 2.32. The molecule has 6 heteroatoms. The van der Waals surface area contributed by atoms with Crippen LogP contribution in [0.2, 0.25) is 0 Å². The van der Waals surface area contributed by atoms with Crippen molar-refractivity contribution < 1.29 is 27.4 Å². The van der Waals surface area contributed by atoms with Crippen LogP contribution < -0.4 is 9.47 Å². The Kier molecular flexibility index (Phi) is 5.45. The van der Waals surface area contributed by atoms with E-state index >= 15 is 0 Å². The first-order valence-electron chi connectivity index (χ1n) is 8.08.